The van der Waals surface area contributed by atoms with E-state index in [-0.39, 0.29) is 5.41 Å². The minimum absolute atomic E-state index is 0.245. The molecule has 1 unspecified atom stereocenters. The SMILES string of the molecule is CCNC(Cc1nnn(C)n1)C(C)(C)CC. The number of hydrogen-bond donors (Lipinski definition) is 1. The normalized spacial score (nSPS) is 14.1. The van der Waals surface area contributed by atoms with Crippen molar-refractivity contribution in [3.05, 3.63) is 5.82 Å². The molecule has 1 atom stereocenters. The molecule has 0 amide bonds. The van der Waals surface area contributed by atoms with Gasteiger partial charge >= 0.3 is 0 Å². The molecule has 0 spiro atoms. The third-order valence-corrected chi connectivity index (χ3v) is 3.24. The number of nitrogens with zero attached hydrogens (tertiary/aromatic N) is 4. The van der Waals surface area contributed by atoms with E-state index in [1.807, 2.05) is 0 Å². The van der Waals surface area contributed by atoms with Crippen LogP contribution in [-0.2, 0) is 13.5 Å². The van der Waals surface area contributed by atoms with Gasteiger partial charge in [0.25, 0.3) is 0 Å². The Morgan fingerprint density at radius 1 is 1.38 bits per heavy atom. The van der Waals surface area contributed by atoms with E-state index < -0.39 is 0 Å². The Balaban J connectivity index is 2.71. The predicted molar refractivity (Wildman–Crippen MR) is 64.0 cm³/mol. The summed E-state index contributed by atoms with van der Waals surface area (Å²) in [5, 5.41) is 15.7. The highest BCUT2D eigenvalue weighted by molar-refractivity contribution is 4.91. The van der Waals surface area contributed by atoms with E-state index in [2.05, 4.69) is 48.4 Å². The van der Waals surface area contributed by atoms with Crippen molar-refractivity contribution in [1.82, 2.24) is 25.5 Å². The molecule has 1 aromatic rings. The zero-order chi connectivity index (χ0) is 12.2. The van der Waals surface area contributed by atoms with Crippen LogP contribution in [0.4, 0.5) is 0 Å². The van der Waals surface area contributed by atoms with E-state index in [1.165, 1.54) is 4.80 Å². The molecule has 1 heterocycles. The van der Waals surface area contributed by atoms with Crippen molar-refractivity contribution in [2.45, 2.75) is 46.6 Å². The molecule has 1 rings (SSSR count). The fraction of sp³-hybridized carbons (Fsp3) is 0.909. The summed E-state index contributed by atoms with van der Waals surface area (Å²) in [6, 6.07) is 0.395. The standard InChI is InChI=1S/C11H23N5/c1-6-11(3,4)9(12-7-2)8-10-13-15-16(5)14-10/h9,12H,6-8H2,1-5H3. The Kier molecular flexibility index (Phi) is 4.41. The lowest BCUT2D eigenvalue weighted by Gasteiger charge is -2.33. The van der Waals surface area contributed by atoms with Crippen LogP contribution in [0, 0.1) is 5.41 Å². The zero-order valence-electron chi connectivity index (χ0n) is 11.0. The van der Waals surface area contributed by atoms with Crippen LogP contribution >= 0.6 is 0 Å². The van der Waals surface area contributed by atoms with Gasteiger partial charge in [0.15, 0.2) is 5.82 Å². The van der Waals surface area contributed by atoms with Gasteiger partial charge < -0.3 is 5.32 Å². The molecular weight excluding hydrogens is 202 g/mol. The Morgan fingerprint density at radius 2 is 2.06 bits per heavy atom. The Labute approximate surface area is 97.6 Å². The molecule has 1 N–H and O–H groups in total. The second-order valence-electron chi connectivity index (χ2n) is 4.85. The molecule has 0 aliphatic heterocycles. The molecule has 0 aromatic carbocycles. The van der Waals surface area contributed by atoms with Gasteiger partial charge in [-0.1, -0.05) is 27.7 Å². The van der Waals surface area contributed by atoms with E-state index in [0.717, 1.165) is 25.2 Å². The second kappa shape index (κ2) is 5.39. The van der Waals surface area contributed by atoms with E-state index in [1.54, 1.807) is 7.05 Å². The first-order chi connectivity index (χ1) is 7.49. The summed E-state index contributed by atoms with van der Waals surface area (Å²) in [5.74, 6) is 0.815. The Morgan fingerprint density at radius 3 is 2.50 bits per heavy atom. The molecule has 0 saturated heterocycles. The number of hydrogen-bond acceptors (Lipinski definition) is 4. The highest BCUT2D eigenvalue weighted by atomic mass is 15.6. The first-order valence-electron chi connectivity index (χ1n) is 5.95. The molecule has 5 nitrogen and oxygen atoms in total. The summed E-state index contributed by atoms with van der Waals surface area (Å²) in [7, 11) is 1.80. The fourth-order valence-electron chi connectivity index (χ4n) is 1.71. The first-order valence-corrected chi connectivity index (χ1v) is 5.95. The van der Waals surface area contributed by atoms with Crippen LogP contribution in [0.2, 0.25) is 0 Å². The highest BCUT2D eigenvalue weighted by Crippen LogP contribution is 2.26. The minimum atomic E-state index is 0.245. The number of rotatable bonds is 6. The van der Waals surface area contributed by atoms with Gasteiger partial charge in [-0.25, -0.2) is 0 Å². The maximum atomic E-state index is 4.23. The van der Waals surface area contributed by atoms with Crippen molar-refractivity contribution in [3.8, 4) is 0 Å². The summed E-state index contributed by atoms with van der Waals surface area (Å²) in [4.78, 5) is 1.51. The van der Waals surface area contributed by atoms with Crippen molar-refractivity contribution in [1.29, 1.82) is 0 Å². The van der Waals surface area contributed by atoms with Crippen LogP contribution in [-0.4, -0.2) is 32.8 Å². The Bertz CT molecular complexity index is 318. The second-order valence-corrected chi connectivity index (χ2v) is 4.85. The molecule has 0 saturated carbocycles. The van der Waals surface area contributed by atoms with Crippen LogP contribution in [0.15, 0.2) is 0 Å². The lowest BCUT2D eigenvalue weighted by molar-refractivity contribution is 0.230. The maximum absolute atomic E-state index is 4.23. The molecular formula is C11H23N5. The van der Waals surface area contributed by atoms with Crippen LogP contribution in [0.5, 0.6) is 0 Å². The van der Waals surface area contributed by atoms with Gasteiger partial charge in [-0.3, -0.25) is 0 Å². The first kappa shape index (κ1) is 13.1. The summed E-state index contributed by atoms with van der Waals surface area (Å²) in [6.07, 6.45) is 1.97. The van der Waals surface area contributed by atoms with Gasteiger partial charge in [-0.15, -0.1) is 10.2 Å². The topological polar surface area (TPSA) is 55.6 Å². The minimum Gasteiger partial charge on any atom is -0.313 e. The van der Waals surface area contributed by atoms with E-state index in [0.29, 0.717) is 6.04 Å². The Hall–Kier alpha value is -0.970. The summed E-state index contributed by atoms with van der Waals surface area (Å²) < 4.78 is 0. The van der Waals surface area contributed by atoms with Crippen molar-refractivity contribution in [3.63, 3.8) is 0 Å². The number of nitrogens with one attached hydrogen (secondary N) is 1. The third-order valence-electron chi connectivity index (χ3n) is 3.24. The lowest BCUT2D eigenvalue weighted by Crippen LogP contribution is -2.43. The van der Waals surface area contributed by atoms with Gasteiger partial charge in [-0.2, -0.15) is 4.80 Å². The van der Waals surface area contributed by atoms with Crippen molar-refractivity contribution in [2.24, 2.45) is 12.5 Å². The average Bonchev–Trinajstić information content (AvgIpc) is 2.63. The van der Waals surface area contributed by atoms with Crippen LogP contribution in [0.3, 0.4) is 0 Å². The zero-order valence-corrected chi connectivity index (χ0v) is 11.0. The fourth-order valence-corrected chi connectivity index (χ4v) is 1.71. The van der Waals surface area contributed by atoms with Crippen molar-refractivity contribution in [2.75, 3.05) is 6.54 Å². The van der Waals surface area contributed by atoms with Gasteiger partial charge in [0.2, 0.25) is 0 Å². The average molecular weight is 225 g/mol. The number of tetrazole rings is 1. The summed E-state index contributed by atoms with van der Waals surface area (Å²) in [6.45, 7) is 9.86. The van der Waals surface area contributed by atoms with Gasteiger partial charge in [-0.05, 0) is 23.6 Å². The number of aromatic nitrogens is 4. The van der Waals surface area contributed by atoms with Crippen LogP contribution in [0.25, 0.3) is 0 Å². The summed E-state index contributed by atoms with van der Waals surface area (Å²) >= 11 is 0. The van der Waals surface area contributed by atoms with Gasteiger partial charge in [0.1, 0.15) is 0 Å². The quantitative estimate of drug-likeness (QED) is 0.789. The molecule has 5 heteroatoms. The molecule has 0 aliphatic rings. The molecule has 16 heavy (non-hydrogen) atoms. The summed E-state index contributed by atoms with van der Waals surface area (Å²) in [5.41, 5.74) is 0.245. The molecule has 0 fully saturated rings. The van der Waals surface area contributed by atoms with E-state index in [4.69, 9.17) is 0 Å². The predicted octanol–water partition coefficient (Wildman–Crippen LogP) is 1.17. The van der Waals surface area contributed by atoms with Crippen LogP contribution < -0.4 is 5.32 Å². The molecule has 0 radical (unpaired) electrons. The maximum Gasteiger partial charge on any atom is 0.176 e. The largest absolute Gasteiger partial charge is 0.313 e. The smallest absolute Gasteiger partial charge is 0.176 e. The van der Waals surface area contributed by atoms with Crippen LogP contribution in [0.1, 0.15) is 39.9 Å². The number of aryl methyl sites for hydroxylation is 1. The molecule has 1 aromatic heterocycles. The lowest BCUT2D eigenvalue weighted by atomic mass is 9.80. The third kappa shape index (κ3) is 3.27. The molecule has 0 bridgehead atoms. The molecule has 92 valence electrons. The number of likely N-dealkylation sites (N-methyl/N-ethyl adjacent to an activating group) is 1. The molecule has 0 aliphatic carbocycles. The highest BCUT2D eigenvalue weighted by Gasteiger charge is 2.28. The van der Waals surface area contributed by atoms with Gasteiger partial charge in [0, 0.05) is 12.5 Å². The van der Waals surface area contributed by atoms with Gasteiger partial charge in [0.05, 0.1) is 7.05 Å². The van der Waals surface area contributed by atoms with E-state index >= 15 is 0 Å². The van der Waals surface area contributed by atoms with Crippen molar-refractivity contribution < 1.29 is 0 Å². The monoisotopic (exact) mass is 225 g/mol. The van der Waals surface area contributed by atoms with Crippen molar-refractivity contribution >= 4 is 0 Å². The van der Waals surface area contributed by atoms with E-state index in [9.17, 15) is 0 Å².